The van der Waals surface area contributed by atoms with E-state index in [2.05, 4.69) is 12.2 Å². The predicted molar refractivity (Wildman–Crippen MR) is 105 cm³/mol. The topological polar surface area (TPSA) is 110 Å². The molecular formula is C21H21N3O5. The van der Waals surface area contributed by atoms with Crippen LogP contribution in [0.25, 0.3) is 0 Å². The molecule has 0 spiro atoms. The van der Waals surface area contributed by atoms with E-state index in [9.17, 15) is 24.5 Å². The zero-order valence-electron chi connectivity index (χ0n) is 16.2. The van der Waals surface area contributed by atoms with Crippen molar-refractivity contribution in [1.82, 2.24) is 10.2 Å². The fourth-order valence-corrected chi connectivity index (χ4v) is 3.33. The van der Waals surface area contributed by atoms with Crippen LogP contribution in [0, 0.1) is 10.1 Å². The number of nitrogens with one attached hydrogen (secondary N) is 1. The van der Waals surface area contributed by atoms with E-state index in [0.717, 1.165) is 23.3 Å². The lowest BCUT2D eigenvalue weighted by atomic mass is 9.92. The molecule has 29 heavy (non-hydrogen) atoms. The number of imide groups is 1. The first-order chi connectivity index (χ1) is 13.8. The lowest BCUT2D eigenvalue weighted by Gasteiger charge is -2.22. The Bertz CT molecular complexity index is 969. The van der Waals surface area contributed by atoms with Gasteiger partial charge in [0.2, 0.25) is 0 Å². The molecule has 3 rings (SSSR count). The van der Waals surface area contributed by atoms with Gasteiger partial charge in [0.25, 0.3) is 11.6 Å². The number of urea groups is 1. The summed E-state index contributed by atoms with van der Waals surface area (Å²) in [6.45, 7) is 3.21. The Morgan fingerprint density at radius 1 is 1.10 bits per heavy atom. The molecule has 8 heteroatoms. The number of nitro benzene ring substituents is 1. The average Bonchev–Trinajstić information content (AvgIpc) is 2.93. The smallest absolute Gasteiger partial charge is 0.319 e. The highest BCUT2D eigenvalue weighted by Gasteiger charge is 2.49. The maximum atomic E-state index is 12.9. The van der Waals surface area contributed by atoms with Gasteiger partial charge in [0.15, 0.2) is 5.78 Å². The van der Waals surface area contributed by atoms with Crippen molar-refractivity contribution >= 4 is 23.4 Å². The van der Waals surface area contributed by atoms with Crippen molar-refractivity contribution < 1.29 is 19.3 Å². The Hall–Kier alpha value is -3.55. The molecule has 3 amide bonds. The molecular weight excluding hydrogens is 374 g/mol. The number of nitrogens with zero attached hydrogens (tertiary/aromatic N) is 2. The molecule has 0 aliphatic carbocycles. The van der Waals surface area contributed by atoms with Gasteiger partial charge in [0.05, 0.1) is 11.5 Å². The van der Waals surface area contributed by atoms with Gasteiger partial charge in [-0.1, -0.05) is 37.6 Å². The molecule has 0 unspecified atom stereocenters. The number of ketones is 1. The second-order valence-electron chi connectivity index (χ2n) is 7.12. The number of rotatable bonds is 7. The summed E-state index contributed by atoms with van der Waals surface area (Å²) in [4.78, 5) is 49.0. The number of amides is 3. The number of aryl methyl sites for hydroxylation is 1. The molecule has 0 saturated carbocycles. The van der Waals surface area contributed by atoms with Gasteiger partial charge in [-0.2, -0.15) is 0 Å². The van der Waals surface area contributed by atoms with Crippen LogP contribution in [0.1, 0.15) is 41.8 Å². The molecule has 150 valence electrons. The molecule has 0 aromatic heterocycles. The van der Waals surface area contributed by atoms with Crippen LogP contribution in [-0.2, 0) is 16.8 Å². The molecule has 1 saturated heterocycles. The zero-order chi connectivity index (χ0) is 21.2. The SMILES string of the molecule is CCCc1ccc(C(=O)CN2C(=O)N[C@](C)(c3ccc([N+](=O)[O-])cc3)C2=O)cc1. The fraction of sp³-hybridized carbons (Fsp3) is 0.286. The highest BCUT2D eigenvalue weighted by molar-refractivity contribution is 6.11. The average molecular weight is 395 g/mol. The van der Waals surface area contributed by atoms with E-state index in [4.69, 9.17) is 0 Å². The third-order valence-electron chi connectivity index (χ3n) is 5.05. The number of non-ortho nitro benzene ring substituents is 1. The van der Waals surface area contributed by atoms with Crippen LogP contribution in [0.2, 0.25) is 0 Å². The summed E-state index contributed by atoms with van der Waals surface area (Å²) in [5.74, 6) is -0.920. The number of benzene rings is 2. The summed E-state index contributed by atoms with van der Waals surface area (Å²) in [5, 5.41) is 13.4. The number of Topliss-reactive ketones (excluding diaryl/α,β-unsaturated/α-hetero) is 1. The van der Waals surface area contributed by atoms with Crippen molar-refractivity contribution in [2.45, 2.75) is 32.2 Å². The van der Waals surface area contributed by atoms with Crippen molar-refractivity contribution in [2.24, 2.45) is 0 Å². The minimum Gasteiger partial charge on any atom is -0.319 e. The molecule has 2 aromatic carbocycles. The van der Waals surface area contributed by atoms with Crippen LogP contribution in [-0.4, -0.2) is 34.1 Å². The number of carbonyl (C=O) groups is 3. The summed E-state index contributed by atoms with van der Waals surface area (Å²) in [5.41, 5.74) is 0.435. The molecule has 1 heterocycles. The lowest BCUT2D eigenvalue weighted by molar-refractivity contribution is -0.384. The second-order valence-corrected chi connectivity index (χ2v) is 7.12. The summed E-state index contributed by atoms with van der Waals surface area (Å²) in [7, 11) is 0. The van der Waals surface area contributed by atoms with Gasteiger partial charge in [-0.3, -0.25) is 24.6 Å². The highest BCUT2D eigenvalue weighted by Crippen LogP contribution is 2.30. The molecule has 1 atom stereocenters. The van der Waals surface area contributed by atoms with E-state index >= 15 is 0 Å². The Kier molecular flexibility index (Phi) is 5.45. The van der Waals surface area contributed by atoms with Crippen molar-refractivity contribution in [3.63, 3.8) is 0 Å². The maximum Gasteiger partial charge on any atom is 0.325 e. The number of carbonyl (C=O) groups excluding carboxylic acids is 3. The Morgan fingerprint density at radius 2 is 1.72 bits per heavy atom. The van der Waals surface area contributed by atoms with Crippen molar-refractivity contribution in [3.8, 4) is 0 Å². The minimum absolute atomic E-state index is 0.118. The summed E-state index contributed by atoms with van der Waals surface area (Å²) in [6.07, 6.45) is 1.91. The molecule has 1 aliphatic rings. The number of hydrogen-bond acceptors (Lipinski definition) is 5. The number of nitro groups is 1. The monoisotopic (exact) mass is 395 g/mol. The lowest BCUT2D eigenvalue weighted by Crippen LogP contribution is -2.41. The van der Waals surface area contributed by atoms with Crippen LogP contribution in [0.5, 0.6) is 0 Å². The predicted octanol–water partition coefficient (Wildman–Crippen LogP) is 3.20. The molecule has 0 radical (unpaired) electrons. The van der Waals surface area contributed by atoms with E-state index in [1.165, 1.54) is 31.2 Å². The van der Waals surface area contributed by atoms with Crippen molar-refractivity contribution in [3.05, 3.63) is 75.3 Å². The standard InChI is InChI=1S/C21H21N3O5/c1-3-4-14-5-7-15(8-6-14)18(25)13-23-19(26)21(2,22-20(23)27)16-9-11-17(12-10-16)24(28)29/h5-12H,3-4,13H2,1-2H3,(H,22,27)/t21-/m1/s1. The quantitative estimate of drug-likeness (QED) is 0.335. The molecule has 8 nitrogen and oxygen atoms in total. The second kappa shape index (κ2) is 7.83. The first-order valence-electron chi connectivity index (χ1n) is 9.27. The summed E-state index contributed by atoms with van der Waals surface area (Å²) < 4.78 is 0. The van der Waals surface area contributed by atoms with E-state index < -0.39 is 22.4 Å². The largest absolute Gasteiger partial charge is 0.325 e. The van der Waals surface area contributed by atoms with Crippen molar-refractivity contribution in [2.75, 3.05) is 6.54 Å². The van der Waals surface area contributed by atoms with Crippen LogP contribution in [0.15, 0.2) is 48.5 Å². The van der Waals surface area contributed by atoms with Gasteiger partial charge in [-0.25, -0.2) is 4.79 Å². The van der Waals surface area contributed by atoms with Crippen LogP contribution < -0.4 is 5.32 Å². The van der Waals surface area contributed by atoms with Crippen LogP contribution >= 0.6 is 0 Å². The van der Waals surface area contributed by atoms with E-state index in [1.807, 2.05) is 12.1 Å². The van der Waals surface area contributed by atoms with Crippen molar-refractivity contribution in [1.29, 1.82) is 0 Å². The first-order valence-corrected chi connectivity index (χ1v) is 9.27. The minimum atomic E-state index is -1.39. The van der Waals surface area contributed by atoms with E-state index in [-0.39, 0.29) is 18.0 Å². The molecule has 0 bridgehead atoms. The third-order valence-corrected chi connectivity index (χ3v) is 5.05. The van der Waals surface area contributed by atoms with Gasteiger partial charge in [0.1, 0.15) is 5.54 Å². The highest BCUT2D eigenvalue weighted by atomic mass is 16.6. The van der Waals surface area contributed by atoms with Crippen LogP contribution in [0.3, 0.4) is 0 Å². The Labute approximate surface area is 167 Å². The Morgan fingerprint density at radius 3 is 2.28 bits per heavy atom. The number of hydrogen-bond donors (Lipinski definition) is 1. The van der Waals surface area contributed by atoms with Gasteiger partial charge in [-0.05, 0) is 36.6 Å². The molecule has 1 aliphatic heterocycles. The zero-order valence-corrected chi connectivity index (χ0v) is 16.2. The Balaban J connectivity index is 1.77. The summed E-state index contributed by atoms with van der Waals surface area (Å²) in [6, 6.07) is 11.8. The normalized spacial score (nSPS) is 18.6. The van der Waals surface area contributed by atoms with E-state index in [1.54, 1.807) is 12.1 Å². The fourth-order valence-electron chi connectivity index (χ4n) is 3.33. The van der Waals surface area contributed by atoms with Gasteiger partial charge < -0.3 is 5.32 Å². The molecule has 1 N–H and O–H groups in total. The first kappa shape index (κ1) is 20.2. The van der Waals surface area contributed by atoms with Gasteiger partial charge in [-0.15, -0.1) is 0 Å². The molecule has 1 fully saturated rings. The van der Waals surface area contributed by atoms with Gasteiger partial charge in [0, 0.05) is 17.7 Å². The van der Waals surface area contributed by atoms with Gasteiger partial charge >= 0.3 is 6.03 Å². The maximum absolute atomic E-state index is 12.9. The summed E-state index contributed by atoms with van der Waals surface area (Å²) >= 11 is 0. The van der Waals surface area contributed by atoms with Crippen LogP contribution in [0.4, 0.5) is 10.5 Å². The third kappa shape index (κ3) is 3.87. The molecule has 2 aromatic rings. The van der Waals surface area contributed by atoms with E-state index in [0.29, 0.717) is 11.1 Å².